The summed E-state index contributed by atoms with van der Waals surface area (Å²) in [6.45, 7) is -0.137. The monoisotopic (exact) mass is 434 g/mol. The Kier molecular flexibility index (Phi) is 5.86. The fourth-order valence-electron chi connectivity index (χ4n) is 3.09. The van der Waals surface area contributed by atoms with E-state index in [-0.39, 0.29) is 18.4 Å². The average Bonchev–Trinajstić information content (AvgIpc) is 3.44. The number of hydrogen-bond acceptors (Lipinski definition) is 4. The number of likely N-dealkylation sites (N-methyl/N-ethyl adjacent to an activating group) is 1. The smallest absolute Gasteiger partial charge is 0.272 e. The summed E-state index contributed by atoms with van der Waals surface area (Å²) in [5.41, 5.74) is 2.12. The summed E-state index contributed by atoms with van der Waals surface area (Å²) in [6.07, 6.45) is 1.55. The molecule has 2 heterocycles. The molecule has 0 unspecified atom stereocenters. The average molecular weight is 435 g/mol. The van der Waals surface area contributed by atoms with E-state index in [4.69, 9.17) is 16.0 Å². The van der Waals surface area contributed by atoms with Gasteiger partial charge >= 0.3 is 0 Å². The highest BCUT2D eigenvalue weighted by molar-refractivity contribution is 6.30. The van der Waals surface area contributed by atoms with Crippen molar-refractivity contribution in [3.05, 3.63) is 89.8 Å². The molecular formula is C23H19ClN4O3. The highest BCUT2D eigenvalue weighted by Crippen LogP contribution is 2.23. The summed E-state index contributed by atoms with van der Waals surface area (Å²) in [5, 5.41) is 7.80. The van der Waals surface area contributed by atoms with Gasteiger partial charge in [-0.3, -0.25) is 9.59 Å². The number of furan rings is 1. The molecule has 0 spiro atoms. The predicted octanol–water partition coefficient (Wildman–Crippen LogP) is 4.50. The van der Waals surface area contributed by atoms with Crippen LogP contribution in [-0.4, -0.2) is 40.1 Å². The fraction of sp³-hybridized carbons (Fsp3) is 0.0870. The molecule has 0 aliphatic heterocycles. The standard InChI is InChI=1S/C23H19ClN4O3/c1-27(15-22(29)25-17-8-5-7-16(24)13-17)23(30)20-14-19(21-11-6-12-31-21)26-28(20)18-9-3-2-4-10-18/h2-14H,15H2,1H3,(H,25,29). The lowest BCUT2D eigenvalue weighted by atomic mass is 10.2. The van der Waals surface area contributed by atoms with Crippen molar-refractivity contribution < 1.29 is 14.0 Å². The van der Waals surface area contributed by atoms with Crippen LogP contribution < -0.4 is 5.32 Å². The first-order chi connectivity index (χ1) is 15.0. The number of carbonyl (C=O) groups excluding carboxylic acids is 2. The minimum absolute atomic E-state index is 0.137. The van der Waals surface area contributed by atoms with Gasteiger partial charge in [0.05, 0.1) is 18.5 Å². The Labute approximate surface area is 183 Å². The number of para-hydroxylation sites is 1. The van der Waals surface area contributed by atoms with Gasteiger partial charge in [-0.25, -0.2) is 4.68 Å². The Hall–Kier alpha value is -3.84. The number of halogens is 1. The maximum atomic E-state index is 13.2. The number of nitrogens with zero attached hydrogens (tertiary/aromatic N) is 3. The van der Waals surface area contributed by atoms with Crippen LogP contribution in [0.25, 0.3) is 17.1 Å². The number of rotatable bonds is 6. The Balaban J connectivity index is 1.57. The van der Waals surface area contributed by atoms with Gasteiger partial charge < -0.3 is 14.6 Å². The largest absolute Gasteiger partial charge is 0.463 e. The minimum atomic E-state index is -0.351. The van der Waals surface area contributed by atoms with Crippen molar-refractivity contribution in [3.8, 4) is 17.1 Å². The molecule has 2 aromatic carbocycles. The quantitative estimate of drug-likeness (QED) is 0.484. The Morgan fingerprint density at radius 1 is 1.06 bits per heavy atom. The van der Waals surface area contributed by atoms with Crippen LogP contribution >= 0.6 is 11.6 Å². The zero-order valence-corrected chi connectivity index (χ0v) is 17.4. The van der Waals surface area contributed by atoms with E-state index in [0.29, 0.717) is 27.9 Å². The summed E-state index contributed by atoms with van der Waals surface area (Å²) in [6, 6.07) is 21.3. The second kappa shape index (κ2) is 8.89. The van der Waals surface area contributed by atoms with E-state index >= 15 is 0 Å². The molecule has 0 saturated carbocycles. The van der Waals surface area contributed by atoms with Gasteiger partial charge in [0, 0.05) is 23.8 Å². The molecule has 1 N–H and O–H groups in total. The van der Waals surface area contributed by atoms with Crippen LogP contribution in [0.2, 0.25) is 5.02 Å². The molecule has 7 nitrogen and oxygen atoms in total. The Bertz CT molecular complexity index is 1200. The second-order valence-corrected chi connectivity index (χ2v) is 7.30. The van der Waals surface area contributed by atoms with Crippen LogP contribution in [0.4, 0.5) is 5.69 Å². The van der Waals surface area contributed by atoms with E-state index in [2.05, 4.69) is 10.4 Å². The van der Waals surface area contributed by atoms with E-state index in [9.17, 15) is 9.59 Å². The molecule has 8 heteroatoms. The van der Waals surface area contributed by atoms with Gasteiger partial charge in [0.25, 0.3) is 5.91 Å². The molecule has 0 atom stereocenters. The summed E-state index contributed by atoms with van der Waals surface area (Å²) < 4.78 is 6.98. The van der Waals surface area contributed by atoms with Gasteiger partial charge in [0.1, 0.15) is 11.4 Å². The third-order valence-corrected chi connectivity index (χ3v) is 4.77. The lowest BCUT2D eigenvalue weighted by Gasteiger charge is -2.17. The maximum absolute atomic E-state index is 13.2. The van der Waals surface area contributed by atoms with Crippen LogP contribution in [0.15, 0.2) is 83.5 Å². The zero-order chi connectivity index (χ0) is 21.8. The topological polar surface area (TPSA) is 80.4 Å². The summed E-state index contributed by atoms with van der Waals surface area (Å²) in [7, 11) is 1.56. The molecule has 4 aromatic rings. The van der Waals surface area contributed by atoms with Gasteiger partial charge in [-0.1, -0.05) is 35.9 Å². The zero-order valence-electron chi connectivity index (χ0n) is 16.7. The Morgan fingerprint density at radius 3 is 2.58 bits per heavy atom. The number of benzene rings is 2. The molecule has 0 radical (unpaired) electrons. The number of aromatic nitrogens is 2. The third kappa shape index (κ3) is 4.67. The van der Waals surface area contributed by atoms with Crippen molar-refractivity contribution in [2.75, 3.05) is 18.9 Å². The first-order valence-corrected chi connectivity index (χ1v) is 9.89. The molecule has 156 valence electrons. The molecule has 31 heavy (non-hydrogen) atoms. The van der Waals surface area contributed by atoms with Crippen molar-refractivity contribution in [1.82, 2.24) is 14.7 Å². The van der Waals surface area contributed by atoms with Gasteiger partial charge in [0.2, 0.25) is 5.91 Å². The van der Waals surface area contributed by atoms with Crippen molar-refractivity contribution >= 4 is 29.1 Å². The molecular weight excluding hydrogens is 416 g/mol. The van der Waals surface area contributed by atoms with E-state index in [1.54, 1.807) is 60.5 Å². The number of amides is 2. The van der Waals surface area contributed by atoms with Gasteiger partial charge in [-0.05, 0) is 42.5 Å². The van der Waals surface area contributed by atoms with Crippen molar-refractivity contribution in [3.63, 3.8) is 0 Å². The van der Waals surface area contributed by atoms with Crippen molar-refractivity contribution in [1.29, 1.82) is 0 Å². The molecule has 2 aromatic heterocycles. The first kappa shape index (κ1) is 20.4. The van der Waals surface area contributed by atoms with Gasteiger partial charge in [-0.15, -0.1) is 0 Å². The molecule has 0 fully saturated rings. The fourth-order valence-corrected chi connectivity index (χ4v) is 3.28. The highest BCUT2D eigenvalue weighted by atomic mass is 35.5. The van der Waals surface area contributed by atoms with Crippen LogP contribution in [0, 0.1) is 0 Å². The summed E-state index contributed by atoms with van der Waals surface area (Å²) in [5.74, 6) is -0.143. The summed E-state index contributed by atoms with van der Waals surface area (Å²) in [4.78, 5) is 27.0. The van der Waals surface area contributed by atoms with E-state index in [0.717, 1.165) is 5.69 Å². The van der Waals surface area contributed by atoms with Crippen molar-refractivity contribution in [2.45, 2.75) is 0 Å². The summed E-state index contributed by atoms with van der Waals surface area (Å²) >= 11 is 5.95. The first-order valence-electron chi connectivity index (χ1n) is 9.51. The van der Waals surface area contributed by atoms with Crippen LogP contribution in [0.1, 0.15) is 10.5 Å². The number of carbonyl (C=O) groups is 2. The predicted molar refractivity (Wildman–Crippen MR) is 118 cm³/mol. The van der Waals surface area contributed by atoms with Crippen molar-refractivity contribution in [2.24, 2.45) is 0 Å². The maximum Gasteiger partial charge on any atom is 0.272 e. The number of nitrogens with one attached hydrogen (secondary N) is 1. The molecule has 4 rings (SSSR count). The highest BCUT2D eigenvalue weighted by Gasteiger charge is 2.23. The van der Waals surface area contributed by atoms with Crippen LogP contribution in [0.5, 0.6) is 0 Å². The normalized spacial score (nSPS) is 10.6. The molecule has 0 saturated heterocycles. The lowest BCUT2D eigenvalue weighted by Crippen LogP contribution is -2.35. The van der Waals surface area contributed by atoms with Crippen LogP contribution in [-0.2, 0) is 4.79 Å². The number of hydrogen-bond donors (Lipinski definition) is 1. The molecule has 0 bridgehead atoms. The van der Waals surface area contributed by atoms with Gasteiger partial charge in [-0.2, -0.15) is 5.10 Å². The Morgan fingerprint density at radius 2 is 1.87 bits per heavy atom. The molecule has 0 aliphatic rings. The lowest BCUT2D eigenvalue weighted by molar-refractivity contribution is -0.116. The minimum Gasteiger partial charge on any atom is -0.463 e. The van der Waals surface area contributed by atoms with E-state index in [1.165, 1.54) is 4.90 Å². The number of anilines is 1. The van der Waals surface area contributed by atoms with Gasteiger partial charge in [0.15, 0.2) is 5.76 Å². The second-order valence-electron chi connectivity index (χ2n) is 6.86. The molecule has 0 aliphatic carbocycles. The van der Waals surface area contributed by atoms with E-state index in [1.807, 2.05) is 30.3 Å². The van der Waals surface area contributed by atoms with E-state index < -0.39 is 0 Å². The molecule has 2 amide bonds. The van der Waals surface area contributed by atoms with Crippen LogP contribution in [0.3, 0.4) is 0 Å². The third-order valence-electron chi connectivity index (χ3n) is 4.54. The SMILES string of the molecule is CN(CC(=O)Nc1cccc(Cl)c1)C(=O)c1cc(-c2ccco2)nn1-c1ccccc1.